The van der Waals surface area contributed by atoms with Crippen molar-refractivity contribution >= 4 is 34.3 Å². The number of hydrogen-bond acceptors (Lipinski definition) is 6. The van der Waals surface area contributed by atoms with Crippen LogP contribution in [0.15, 0.2) is 40.9 Å². The zero-order chi connectivity index (χ0) is 19.4. The summed E-state index contributed by atoms with van der Waals surface area (Å²) in [7, 11) is 1.57. The molecule has 8 heteroatoms. The lowest BCUT2D eigenvalue weighted by Gasteiger charge is -2.08. The number of aromatic hydroxyl groups is 1. The van der Waals surface area contributed by atoms with Gasteiger partial charge in [-0.2, -0.15) is 4.98 Å². The summed E-state index contributed by atoms with van der Waals surface area (Å²) in [6.07, 6.45) is 1.59. The van der Waals surface area contributed by atoms with Crippen molar-refractivity contribution in [1.82, 2.24) is 10.1 Å². The Balaban J connectivity index is 1.93. The molecule has 6 nitrogen and oxygen atoms in total. The first kappa shape index (κ1) is 19.1. The molecule has 3 rings (SSSR count). The maximum absolute atomic E-state index is 9.92. The highest BCUT2D eigenvalue weighted by atomic mass is 35.5. The number of phenolic OH excluding ortho intramolecular Hbond substituents is 1. The lowest BCUT2D eigenvalue weighted by Crippen LogP contribution is -1.93. The molecule has 0 spiro atoms. The largest absolute Gasteiger partial charge is 0.503 e. The third kappa shape index (κ3) is 4.18. The standard InChI is InChI=1S/C19H16Cl2N2O4/c1-3-26-16-10-11(8-13(20)17(16)24)9-14(21)19-22-18(23-27-19)12-6-4-5-7-15(12)25-2/h4-10,24H,3H2,1-2H3/b14-9-. The van der Waals surface area contributed by atoms with E-state index in [1.807, 2.05) is 18.2 Å². The van der Waals surface area contributed by atoms with E-state index in [9.17, 15) is 5.11 Å². The van der Waals surface area contributed by atoms with Crippen molar-refractivity contribution in [3.8, 4) is 28.6 Å². The van der Waals surface area contributed by atoms with Crippen LogP contribution >= 0.6 is 23.2 Å². The fourth-order valence-corrected chi connectivity index (χ4v) is 2.83. The van der Waals surface area contributed by atoms with Crippen LogP contribution in [0.25, 0.3) is 22.5 Å². The van der Waals surface area contributed by atoms with Gasteiger partial charge in [0.25, 0.3) is 5.89 Å². The van der Waals surface area contributed by atoms with Gasteiger partial charge in [0.2, 0.25) is 5.82 Å². The molecule has 0 aliphatic rings. The number of methoxy groups -OCH3 is 1. The van der Waals surface area contributed by atoms with Gasteiger partial charge in [-0.1, -0.05) is 40.5 Å². The number of phenols is 1. The van der Waals surface area contributed by atoms with Crippen LogP contribution in [0.4, 0.5) is 0 Å². The van der Waals surface area contributed by atoms with Gasteiger partial charge >= 0.3 is 0 Å². The molecule has 1 N–H and O–H groups in total. The average molecular weight is 407 g/mol. The molecular formula is C19H16Cl2N2O4. The third-order valence-corrected chi connectivity index (χ3v) is 4.18. The molecule has 3 aromatic rings. The van der Waals surface area contributed by atoms with Gasteiger partial charge in [0, 0.05) is 0 Å². The summed E-state index contributed by atoms with van der Waals surface area (Å²) in [5.74, 6) is 1.26. The van der Waals surface area contributed by atoms with Crippen molar-refractivity contribution < 1.29 is 19.1 Å². The fourth-order valence-electron chi connectivity index (χ4n) is 2.41. The summed E-state index contributed by atoms with van der Waals surface area (Å²) in [6.45, 7) is 2.19. The molecule has 0 saturated carbocycles. The summed E-state index contributed by atoms with van der Waals surface area (Å²) in [6, 6.07) is 10.5. The van der Waals surface area contributed by atoms with Gasteiger partial charge in [0.1, 0.15) is 10.8 Å². The SMILES string of the molecule is CCOc1cc(/C=C(\Cl)c2nc(-c3ccccc3OC)no2)cc(Cl)c1O. The Hall–Kier alpha value is -2.70. The molecule has 0 radical (unpaired) electrons. The van der Waals surface area contributed by atoms with Crippen LogP contribution in [0.2, 0.25) is 5.02 Å². The minimum atomic E-state index is -0.122. The summed E-state index contributed by atoms with van der Waals surface area (Å²) in [4.78, 5) is 4.31. The van der Waals surface area contributed by atoms with Gasteiger partial charge in [-0.05, 0) is 42.8 Å². The van der Waals surface area contributed by atoms with Gasteiger partial charge in [0.05, 0.1) is 24.3 Å². The molecule has 2 aromatic carbocycles. The predicted molar refractivity (Wildman–Crippen MR) is 104 cm³/mol. The van der Waals surface area contributed by atoms with E-state index < -0.39 is 0 Å². The van der Waals surface area contributed by atoms with Crippen molar-refractivity contribution in [2.45, 2.75) is 6.92 Å². The molecule has 0 fully saturated rings. The molecule has 140 valence electrons. The van der Waals surface area contributed by atoms with Gasteiger partial charge in [-0.25, -0.2) is 0 Å². The number of ether oxygens (including phenoxy) is 2. The quantitative estimate of drug-likeness (QED) is 0.602. The van der Waals surface area contributed by atoms with Crippen molar-refractivity contribution in [2.24, 2.45) is 0 Å². The van der Waals surface area contributed by atoms with Gasteiger partial charge in [-0.15, -0.1) is 0 Å². The zero-order valence-corrected chi connectivity index (χ0v) is 16.1. The van der Waals surface area contributed by atoms with E-state index in [0.717, 1.165) is 0 Å². The zero-order valence-electron chi connectivity index (χ0n) is 14.6. The van der Waals surface area contributed by atoms with Crippen LogP contribution in [0.1, 0.15) is 18.4 Å². The molecule has 0 amide bonds. The van der Waals surface area contributed by atoms with Crippen molar-refractivity contribution in [3.63, 3.8) is 0 Å². The first-order valence-electron chi connectivity index (χ1n) is 8.03. The highest BCUT2D eigenvalue weighted by Gasteiger charge is 2.15. The number of aromatic nitrogens is 2. The van der Waals surface area contributed by atoms with E-state index in [1.165, 1.54) is 0 Å². The number of para-hydroxylation sites is 1. The molecule has 27 heavy (non-hydrogen) atoms. The van der Waals surface area contributed by atoms with Crippen LogP contribution in [0, 0.1) is 0 Å². The molecule has 1 aromatic heterocycles. The Labute approximate surface area is 165 Å². The van der Waals surface area contributed by atoms with E-state index in [-0.39, 0.29) is 27.4 Å². The monoisotopic (exact) mass is 406 g/mol. The lowest BCUT2D eigenvalue weighted by atomic mass is 10.2. The molecule has 1 heterocycles. The smallest absolute Gasteiger partial charge is 0.269 e. The Morgan fingerprint density at radius 1 is 1.26 bits per heavy atom. The average Bonchev–Trinajstić information content (AvgIpc) is 3.16. The van der Waals surface area contributed by atoms with Gasteiger partial charge < -0.3 is 19.1 Å². The molecular weight excluding hydrogens is 391 g/mol. The molecule has 0 atom stereocenters. The van der Waals surface area contributed by atoms with Gasteiger partial charge in [-0.3, -0.25) is 0 Å². The van der Waals surface area contributed by atoms with Crippen molar-refractivity contribution in [1.29, 1.82) is 0 Å². The van der Waals surface area contributed by atoms with E-state index in [4.69, 9.17) is 37.2 Å². The minimum absolute atomic E-state index is 0.122. The molecule has 0 aliphatic heterocycles. The molecule has 0 unspecified atom stereocenters. The third-order valence-electron chi connectivity index (χ3n) is 3.62. The van der Waals surface area contributed by atoms with Crippen LogP contribution in [-0.2, 0) is 0 Å². The summed E-state index contributed by atoms with van der Waals surface area (Å²) >= 11 is 12.4. The first-order chi connectivity index (χ1) is 13.0. The topological polar surface area (TPSA) is 77.6 Å². The molecule has 0 bridgehead atoms. The van der Waals surface area contributed by atoms with Crippen molar-refractivity contribution in [3.05, 3.63) is 52.9 Å². The lowest BCUT2D eigenvalue weighted by molar-refractivity contribution is 0.318. The molecule has 0 aliphatic carbocycles. The van der Waals surface area contributed by atoms with E-state index in [0.29, 0.717) is 29.3 Å². The summed E-state index contributed by atoms with van der Waals surface area (Å²) < 4.78 is 15.9. The van der Waals surface area contributed by atoms with Crippen LogP contribution in [-0.4, -0.2) is 29.0 Å². The second-order valence-electron chi connectivity index (χ2n) is 5.40. The highest BCUT2D eigenvalue weighted by molar-refractivity contribution is 6.50. The Morgan fingerprint density at radius 3 is 2.78 bits per heavy atom. The second-order valence-corrected chi connectivity index (χ2v) is 6.21. The number of rotatable bonds is 6. The summed E-state index contributed by atoms with van der Waals surface area (Å²) in [5, 5.41) is 14.2. The van der Waals surface area contributed by atoms with E-state index in [1.54, 1.807) is 38.3 Å². The highest BCUT2D eigenvalue weighted by Crippen LogP contribution is 2.37. The van der Waals surface area contributed by atoms with E-state index in [2.05, 4.69) is 10.1 Å². The normalized spacial score (nSPS) is 11.5. The fraction of sp³-hybridized carbons (Fsp3) is 0.158. The molecule has 0 saturated heterocycles. The van der Waals surface area contributed by atoms with E-state index >= 15 is 0 Å². The number of halogens is 2. The number of benzene rings is 2. The number of hydrogen-bond donors (Lipinski definition) is 1. The predicted octanol–water partition coefficient (Wildman–Crippen LogP) is 5.24. The summed E-state index contributed by atoms with van der Waals surface area (Å²) in [5.41, 5.74) is 1.30. The Kier molecular flexibility index (Phi) is 5.88. The van der Waals surface area contributed by atoms with Crippen molar-refractivity contribution in [2.75, 3.05) is 13.7 Å². The van der Waals surface area contributed by atoms with Crippen LogP contribution in [0.3, 0.4) is 0 Å². The Bertz CT molecular complexity index is 986. The Morgan fingerprint density at radius 2 is 2.04 bits per heavy atom. The second kappa shape index (κ2) is 8.33. The minimum Gasteiger partial charge on any atom is -0.503 e. The maximum Gasteiger partial charge on any atom is 0.269 e. The van der Waals surface area contributed by atoms with Gasteiger partial charge in [0.15, 0.2) is 11.5 Å². The van der Waals surface area contributed by atoms with Crippen LogP contribution in [0.5, 0.6) is 17.2 Å². The van der Waals surface area contributed by atoms with Crippen LogP contribution < -0.4 is 9.47 Å². The maximum atomic E-state index is 9.92. The first-order valence-corrected chi connectivity index (χ1v) is 8.79. The number of nitrogens with zero attached hydrogens (tertiary/aromatic N) is 2.